The molecule has 0 saturated heterocycles. The molecule has 2 nitrogen and oxygen atoms in total. The second-order valence-electron chi connectivity index (χ2n) is 4.93. The van der Waals surface area contributed by atoms with Gasteiger partial charge in [-0.1, -0.05) is 39.5 Å². The minimum absolute atomic E-state index is 0.386. The molecule has 0 aliphatic heterocycles. The van der Waals surface area contributed by atoms with Crippen molar-refractivity contribution in [1.82, 2.24) is 4.90 Å². The summed E-state index contributed by atoms with van der Waals surface area (Å²) in [6.07, 6.45) is 9.45. The van der Waals surface area contributed by atoms with Gasteiger partial charge >= 0.3 is 0 Å². The molecule has 1 fully saturated rings. The summed E-state index contributed by atoms with van der Waals surface area (Å²) >= 11 is 0. The van der Waals surface area contributed by atoms with Gasteiger partial charge in [-0.2, -0.15) is 0 Å². The molecular weight excluding hydrogens is 184 g/mol. The molecule has 2 N–H and O–H groups in total. The molecule has 1 rings (SSSR count). The molecule has 0 radical (unpaired) electrons. The zero-order valence-electron chi connectivity index (χ0n) is 10.5. The van der Waals surface area contributed by atoms with Crippen molar-refractivity contribution in [1.29, 1.82) is 0 Å². The summed E-state index contributed by atoms with van der Waals surface area (Å²) in [5.41, 5.74) is 6.13. The topological polar surface area (TPSA) is 29.3 Å². The molecule has 1 aliphatic carbocycles. The third-order valence-corrected chi connectivity index (χ3v) is 3.63. The van der Waals surface area contributed by atoms with E-state index >= 15 is 0 Å². The van der Waals surface area contributed by atoms with E-state index in [1.165, 1.54) is 51.5 Å². The van der Waals surface area contributed by atoms with Gasteiger partial charge in [0, 0.05) is 18.6 Å². The Balaban J connectivity index is 2.32. The summed E-state index contributed by atoms with van der Waals surface area (Å²) in [6.45, 7) is 6.76. The maximum absolute atomic E-state index is 6.13. The normalized spacial score (nSPS) is 20.8. The van der Waals surface area contributed by atoms with Crippen LogP contribution in [0.1, 0.15) is 58.8 Å². The summed E-state index contributed by atoms with van der Waals surface area (Å²) in [5, 5.41) is 0. The van der Waals surface area contributed by atoms with Crippen LogP contribution in [0.4, 0.5) is 0 Å². The molecule has 0 aromatic carbocycles. The number of nitrogens with zero attached hydrogens (tertiary/aromatic N) is 1. The van der Waals surface area contributed by atoms with E-state index in [0.717, 1.165) is 12.6 Å². The maximum Gasteiger partial charge on any atom is 0.0167 e. The molecule has 0 bridgehead atoms. The lowest BCUT2D eigenvalue weighted by atomic mass is 9.93. The lowest BCUT2D eigenvalue weighted by Crippen LogP contribution is -2.44. The highest BCUT2D eigenvalue weighted by molar-refractivity contribution is 4.78. The Labute approximate surface area is 95.2 Å². The van der Waals surface area contributed by atoms with E-state index < -0.39 is 0 Å². The van der Waals surface area contributed by atoms with Crippen LogP contribution in [0.5, 0.6) is 0 Å². The van der Waals surface area contributed by atoms with Crippen LogP contribution in [0.25, 0.3) is 0 Å². The Morgan fingerprint density at radius 1 is 1.20 bits per heavy atom. The van der Waals surface area contributed by atoms with E-state index in [1.807, 2.05) is 0 Å². The molecule has 0 spiro atoms. The van der Waals surface area contributed by atoms with Gasteiger partial charge in [-0.05, 0) is 25.8 Å². The van der Waals surface area contributed by atoms with Gasteiger partial charge in [0.05, 0.1) is 0 Å². The standard InChI is InChI=1S/C13H28N2/c1-3-8-12(14)11-15(4-2)13-9-6-5-7-10-13/h12-13H,3-11,14H2,1-2H3. The van der Waals surface area contributed by atoms with Gasteiger partial charge in [0.15, 0.2) is 0 Å². The first-order valence-corrected chi connectivity index (χ1v) is 6.77. The number of hydrogen-bond acceptors (Lipinski definition) is 2. The van der Waals surface area contributed by atoms with Gasteiger partial charge in [0.2, 0.25) is 0 Å². The molecule has 15 heavy (non-hydrogen) atoms. The van der Waals surface area contributed by atoms with E-state index in [-0.39, 0.29) is 0 Å². The van der Waals surface area contributed by atoms with Gasteiger partial charge in [0.1, 0.15) is 0 Å². The molecule has 1 atom stereocenters. The van der Waals surface area contributed by atoms with Crippen LogP contribution in [-0.4, -0.2) is 30.1 Å². The van der Waals surface area contributed by atoms with Crippen molar-refractivity contribution in [2.75, 3.05) is 13.1 Å². The monoisotopic (exact) mass is 212 g/mol. The SMILES string of the molecule is CCCC(N)CN(CC)C1CCCCC1. The van der Waals surface area contributed by atoms with Crippen LogP contribution in [0.2, 0.25) is 0 Å². The van der Waals surface area contributed by atoms with Gasteiger partial charge in [-0.25, -0.2) is 0 Å². The Bertz CT molecular complexity index is 153. The second kappa shape index (κ2) is 7.24. The van der Waals surface area contributed by atoms with E-state index in [2.05, 4.69) is 18.7 Å². The zero-order chi connectivity index (χ0) is 11.1. The highest BCUT2D eigenvalue weighted by Crippen LogP contribution is 2.22. The van der Waals surface area contributed by atoms with Crippen molar-refractivity contribution in [3.05, 3.63) is 0 Å². The van der Waals surface area contributed by atoms with Crippen molar-refractivity contribution in [3.63, 3.8) is 0 Å². The van der Waals surface area contributed by atoms with E-state index in [9.17, 15) is 0 Å². The van der Waals surface area contributed by atoms with Crippen LogP contribution in [0, 0.1) is 0 Å². The van der Waals surface area contributed by atoms with E-state index in [1.54, 1.807) is 0 Å². The van der Waals surface area contributed by atoms with Crippen molar-refractivity contribution in [3.8, 4) is 0 Å². The first kappa shape index (κ1) is 13.0. The van der Waals surface area contributed by atoms with Gasteiger partial charge in [-0.3, -0.25) is 4.90 Å². The number of hydrogen-bond donors (Lipinski definition) is 1. The minimum Gasteiger partial charge on any atom is -0.327 e. The van der Waals surface area contributed by atoms with Crippen LogP contribution in [0.3, 0.4) is 0 Å². The summed E-state index contributed by atoms with van der Waals surface area (Å²) in [5.74, 6) is 0. The Morgan fingerprint density at radius 2 is 1.87 bits per heavy atom. The summed E-state index contributed by atoms with van der Waals surface area (Å²) in [6, 6.07) is 1.21. The third kappa shape index (κ3) is 4.52. The molecule has 0 aromatic heterocycles. The average Bonchev–Trinajstić information content (AvgIpc) is 2.27. The van der Waals surface area contributed by atoms with Crippen LogP contribution < -0.4 is 5.73 Å². The molecule has 2 heteroatoms. The minimum atomic E-state index is 0.386. The fourth-order valence-corrected chi connectivity index (χ4v) is 2.75. The molecule has 1 aliphatic rings. The Morgan fingerprint density at radius 3 is 2.40 bits per heavy atom. The lowest BCUT2D eigenvalue weighted by Gasteiger charge is -2.35. The largest absolute Gasteiger partial charge is 0.327 e. The lowest BCUT2D eigenvalue weighted by molar-refractivity contribution is 0.153. The van der Waals surface area contributed by atoms with Gasteiger partial charge in [-0.15, -0.1) is 0 Å². The molecule has 90 valence electrons. The summed E-state index contributed by atoms with van der Waals surface area (Å²) < 4.78 is 0. The smallest absolute Gasteiger partial charge is 0.0167 e. The highest BCUT2D eigenvalue weighted by atomic mass is 15.2. The highest BCUT2D eigenvalue weighted by Gasteiger charge is 2.20. The molecule has 1 unspecified atom stereocenters. The predicted octanol–water partition coefficient (Wildman–Crippen LogP) is 2.77. The van der Waals surface area contributed by atoms with Crippen molar-refractivity contribution in [2.24, 2.45) is 5.73 Å². The number of rotatable bonds is 6. The third-order valence-electron chi connectivity index (χ3n) is 3.63. The number of likely N-dealkylation sites (N-methyl/N-ethyl adjacent to an activating group) is 1. The molecule has 1 saturated carbocycles. The maximum atomic E-state index is 6.13. The zero-order valence-corrected chi connectivity index (χ0v) is 10.5. The van der Waals surface area contributed by atoms with E-state index in [4.69, 9.17) is 5.73 Å². The summed E-state index contributed by atoms with van der Waals surface area (Å²) in [7, 11) is 0. The number of nitrogens with two attached hydrogens (primary N) is 1. The molecular formula is C13H28N2. The van der Waals surface area contributed by atoms with Crippen LogP contribution in [-0.2, 0) is 0 Å². The quantitative estimate of drug-likeness (QED) is 0.733. The molecule has 0 aromatic rings. The Hall–Kier alpha value is -0.0800. The average molecular weight is 212 g/mol. The van der Waals surface area contributed by atoms with Crippen molar-refractivity contribution in [2.45, 2.75) is 70.9 Å². The van der Waals surface area contributed by atoms with Gasteiger partial charge < -0.3 is 5.73 Å². The fourth-order valence-electron chi connectivity index (χ4n) is 2.75. The molecule has 0 amide bonds. The first-order valence-electron chi connectivity index (χ1n) is 6.77. The van der Waals surface area contributed by atoms with E-state index in [0.29, 0.717) is 6.04 Å². The van der Waals surface area contributed by atoms with Gasteiger partial charge in [0.25, 0.3) is 0 Å². The van der Waals surface area contributed by atoms with Crippen LogP contribution >= 0.6 is 0 Å². The summed E-state index contributed by atoms with van der Waals surface area (Å²) in [4.78, 5) is 2.61. The fraction of sp³-hybridized carbons (Fsp3) is 1.00. The van der Waals surface area contributed by atoms with Crippen molar-refractivity contribution < 1.29 is 0 Å². The molecule has 0 heterocycles. The Kier molecular flexibility index (Phi) is 6.26. The first-order chi connectivity index (χ1) is 7.27. The second-order valence-corrected chi connectivity index (χ2v) is 4.93. The van der Waals surface area contributed by atoms with Crippen molar-refractivity contribution >= 4 is 0 Å². The van der Waals surface area contributed by atoms with Crippen LogP contribution in [0.15, 0.2) is 0 Å². The predicted molar refractivity (Wildman–Crippen MR) is 67.0 cm³/mol.